The van der Waals surface area contributed by atoms with E-state index in [1.54, 1.807) is 31.6 Å². The third-order valence-corrected chi connectivity index (χ3v) is 6.42. The molecule has 0 bridgehead atoms. The first-order chi connectivity index (χ1) is 17.6. The van der Waals surface area contributed by atoms with Crippen LogP contribution in [0.25, 0.3) is 16.6 Å². The molecule has 8 heteroatoms. The Morgan fingerprint density at radius 1 is 1.08 bits per heavy atom. The highest BCUT2D eigenvalue weighted by atomic mass is 32.1. The van der Waals surface area contributed by atoms with Crippen molar-refractivity contribution in [3.05, 3.63) is 94.5 Å². The van der Waals surface area contributed by atoms with E-state index in [1.165, 1.54) is 0 Å². The predicted octanol–water partition coefficient (Wildman–Crippen LogP) is 4.94. The summed E-state index contributed by atoms with van der Waals surface area (Å²) in [6, 6.07) is 21.6. The Labute approximate surface area is 214 Å². The van der Waals surface area contributed by atoms with Gasteiger partial charge in [-0.25, -0.2) is 0 Å². The predicted molar refractivity (Wildman–Crippen MR) is 141 cm³/mol. The van der Waals surface area contributed by atoms with E-state index in [9.17, 15) is 10.1 Å². The van der Waals surface area contributed by atoms with Crippen LogP contribution in [0.4, 0.5) is 0 Å². The van der Waals surface area contributed by atoms with Gasteiger partial charge in [-0.05, 0) is 47.2 Å². The quantitative estimate of drug-likeness (QED) is 0.247. The maximum atomic E-state index is 12.8. The van der Waals surface area contributed by atoms with Gasteiger partial charge in [-0.1, -0.05) is 42.5 Å². The number of rotatable bonds is 10. The minimum atomic E-state index is -0.425. The lowest BCUT2D eigenvalue weighted by Crippen LogP contribution is -2.26. The first-order valence-corrected chi connectivity index (χ1v) is 12.3. The minimum absolute atomic E-state index is 0.0272. The van der Waals surface area contributed by atoms with Crippen molar-refractivity contribution >= 4 is 23.3 Å². The molecule has 4 aromatic rings. The van der Waals surface area contributed by atoms with Gasteiger partial charge in [0.25, 0.3) is 5.91 Å². The Bertz CT molecular complexity index is 1390. The fourth-order valence-corrected chi connectivity index (χ4v) is 4.49. The van der Waals surface area contributed by atoms with Crippen molar-refractivity contribution in [1.29, 1.82) is 5.26 Å². The molecule has 0 aliphatic carbocycles. The van der Waals surface area contributed by atoms with Crippen LogP contribution in [-0.2, 0) is 17.8 Å². The SMILES string of the molecule is COc1ccc(CCNC(=O)/C(C#N)=C/c2cn(Cc3ccccc3)nc2-c2cccs2)cc1OC. The number of amides is 1. The zero-order valence-electron chi connectivity index (χ0n) is 20.1. The van der Waals surface area contributed by atoms with Crippen LogP contribution in [0.3, 0.4) is 0 Å². The van der Waals surface area contributed by atoms with Crippen LogP contribution < -0.4 is 14.8 Å². The summed E-state index contributed by atoms with van der Waals surface area (Å²) in [5.41, 5.74) is 3.59. The smallest absolute Gasteiger partial charge is 0.261 e. The van der Waals surface area contributed by atoms with E-state index >= 15 is 0 Å². The Morgan fingerprint density at radius 2 is 1.89 bits per heavy atom. The van der Waals surface area contributed by atoms with Gasteiger partial charge in [0, 0.05) is 18.3 Å². The number of carbonyl (C=O) groups is 1. The Balaban J connectivity index is 1.50. The first-order valence-electron chi connectivity index (χ1n) is 11.4. The molecular formula is C28H26N4O3S. The molecule has 0 unspecified atom stereocenters. The number of nitrogens with one attached hydrogen (secondary N) is 1. The summed E-state index contributed by atoms with van der Waals surface area (Å²) in [5, 5.41) is 19.3. The monoisotopic (exact) mass is 498 g/mol. The molecule has 0 aliphatic rings. The van der Waals surface area contributed by atoms with E-state index in [2.05, 4.69) is 5.32 Å². The average molecular weight is 499 g/mol. The van der Waals surface area contributed by atoms with Crippen LogP contribution in [0, 0.1) is 11.3 Å². The van der Waals surface area contributed by atoms with E-state index in [4.69, 9.17) is 14.6 Å². The molecule has 182 valence electrons. The number of aromatic nitrogens is 2. The summed E-state index contributed by atoms with van der Waals surface area (Å²) in [6.45, 7) is 0.963. The molecule has 36 heavy (non-hydrogen) atoms. The molecule has 2 heterocycles. The summed E-state index contributed by atoms with van der Waals surface area (Å²) in [7, 11) is 3.17. The lowest BCUT2D eigenvalue weighted by molar-refractivity contribution is -0.117. The van der Waals surface area contributed by atoms with Crippen LogP contribution in [0.15, 0.2) is 77.8 Å². The van der Waals surface area contributed by atoms with Gasteiger partial charge >= 0.3 is 0 Å². The van der Waals surface area contributed by atoms with Gasteiger partial charge in [0.1, 0.15) is 17.3 Å². The van der Waals surface area contributed by atoms with E-state index in [-0.39, 0.29) is 5.57 Å². The van der Waals surface area contributed by atoms with Crippen molar-refractivity contribution < 1.29 is 14.3 Å². The molecule has 0 spiro atoms. The summed E-state index contributed by atoms with van der Waals surface area (Å²) >= 11 is 1.56. The molecule has 0 fully saturated rings. The fourth-order valence-electron chi connectivity index (χ4n) is 3.75. The first kappa shape index (κ1) is 24.8. The topological polar surface area (TPSA) is 89.2 Å². The number of ether oxygens (including phenoxy) is 2. The average Bonchev–Trinajstić information content (AvgIpc) is 3.57. The molecule has 0 saturated carbocycles. The van der Waals surface area contributed by atoms with Crippen molar-refractivity contribution in [3.63, 3.8) is 0 Å². The Morgan fingerprint density at radius 3 is 2.58 bits per heavy atom. The van der Waals surface area contributed by atoms with E-state index in [1.807, 2.05) is 83.0 Å². The molecular weight excluding hydrogens is 472 g/mol. The van der Waals surface area contributed by atoms with Crippen LogP contribution in [-0.4, -0.2) is 36.5 Å². The molecule has 0 radical (unpaired) electrons. The summed E-state index contributed by atoms with van der Waals surface area (Å²) in [4.78, 5) is 13.8. The summed E-state index contributed by atoms with van der Waals surface area (Å²) in [6.07, 6.45) is 4.06. The number of nitrogens with zero attached hydrogens (tertiary/aromatic N) is 3. The molecule has 7 nitrogen and oxygen atoms in total. The highest BCUT2D eigenvalue weighted by Gasteiger charge is 2.15. The van der Waals surface area contributed by atoms with Crippen LogP contribution >= 0.6 is 11.3 Å². The maximum absolute atomic E-state index is 12.8. The number of benzene rings is 2. The van der Waals surface area contributed by atoms with Crippen molar-refractivity contribution in [3.8, 4) is 28.1 Å². The fraction of sp³-hybridized carbons (Fsp3) is 0.179. The maximum Gasteiger partial charge on any atom is 0.261 e. The summed E-state index contributed by atoms with van der Waals surface area (Å²) in [5.74, 6) is 0.854. The van der Waals surface area contributed by atoms with Gasteiger partial charge in [0.2, 0.25) is 0 Å². The van der Waals surface area contributed by atoms with Gasteiger partial charge in [-0.2, -0.15) is 10.4 Å². The van der Waals surface area contributed by atoms with Crippen molar-refractivity contribution in [2.24, 2.45) is 0 Å². The molecule has 1 N–H and O–H groups in total. The Hall–Kier alpha value is -4.35. The molecule has 1 amide bonds. The normalized spacial score (nSPS) is 11.1. The molecule has 2 aromatic carbocycles. The van der Waals surface area contributed by atoms with Crippen molar-refractivity contribution in [2.45, 2.75) is 13.0 Å². The van der Waals surface area contributed by atoms with Crippen LogP contribution in [0.2, 0.25) is 0 Å². The molecule has 4 rings (SSSR count). The van der Waals surface area contributed by atoms with Gasteiger partial charge in [-0.15, -0.1) is 11.3 Å². The number of thiophene rings is 1. The second-order valence-corrected chi connectivity index (χ2v) is 8.91. The number of hydrogen-bond acceptors (Lipinski definition) is 6. The highest BCUT2D eigenvalue weighted by Crippen LogP contribution is 2.29. The molecule has 0 aliphatic heterocycles. The number of carbonyl (C=O) groups excluding carboxylic acids is 1. The standard InChI is InChI=1S/C28H26N4O3S/c1-34-24-11-10-20(15-25(24)35-2)12-13-30-28(33)22(17-29)16-23-19-32(18-21-7-4-3-5-8-21)31-27(23)26-9-6-14-36-26/h3-11,14-16,19H,12-13,18H2,1-2H3,(H,30,33)/b22-16+. The van der Waals surface area contributed by atoms with E-state index in [0.29, 0.717) is 31.0 Å². The zero-order valence-corrected chi connectivity index (χ0v) is 20.9. The van der Waals surface area contributed by atoms with Crippen molar-refractivity contribution in [2.75, 3.05) is 20.8 Å². The van der Waals surface area contributed by atoms with Crippen LogP contribution in [0.1, 0.15) is 16.7 Å². The van der Waals surface area contributed by atoms with Gasteiger partial charge in [0.15, 0.2) is 11.5 Å². The minimum Gasteiger partial charge on any atom is -0.493 e. The largest absolute Gasteiger partial charge is 0.493 e. The van der Waals surface area contributed by atoms with E-state index in [0.717, 1.165) is 27.3 Å². The van der Waals surface area contributed by atoms with E-state index < -0.39 is 5.91 Å². The summed E-state index contributed by atoms with van der Waals surface area (Å²) < 4.78 is 12.4. The lowest BCUT2D eigenvalue weighted by Gasteiger charge is -2.10. The number of nitriles is 1. The number of hydrogen-bond donors (Lipinski definition) is 1. The van der Waals surface area contributed by atoms with Gasteiger partial charge in [0.05, 0.1) is 25.6 Å². The lowest BCUT2D eigenvalue weighted by atomic mass is 10.1. The third-order valence-electron chi connectivity index (χ3n) is 5.54. The second-order valence-electron chi connectivity index (χ2n) is 7.96. The van der Waals surface area contributed by atoms with Crippen LogP contribution in [0.5, 0.6) is 11.5 Å². The van der Waals surface area contributed by atoms with Gasteiger partial charge in [-0.3, -0.25) is 9.48 Å². The second kappa shape index (κ2) is 11.9. The molecule has 2 aromatic heterocycles. The molecule has 0 atom stereocenters. The third kappa shape index (κ3) is 6.01. The molecule has 0 saturated heterocycles. The van der Waals surface area contributed by atoms with Crippen molar-refractivity contribution in [1.82, 2.24) is 15.1 Å². The number of methoxy groups -OCH3 is 2. The van der Waals surface area contributed by atoms with Gasteiger partial charge < -0.3 is 14.8 Å². The Kier molecular flexibility index (Phi) is 8.16. The zero-order chi connectivity index (χ0) is 25.3. The highest BCUT2D eigenvalue weighted by molar-refractivity contribution is 7.13.